The lowest BCUT2D eigenvalue weighted by Gasteiger charge is -2.35. The van der Waals surface area contributed by atoms with E-state index >= 15 is 0 Å². The molecule has 148 valence electrons. The van der Waals surface area contributed by atoms with Crippen LogP contribution in [-0.4, -0.2) is 62.1 Å². The number of hydrogen-bond donors (Lipinski definition) is 2. The summed E-state index contributed by atoms with van der Waals surface area (Å²) in [7, 11) is -3.09. The van der Waals surface area contributed by atoms with Gasteiger partial charge in [0.15, 0.2) is 9.84 Å². The second-order valence-electron chi connectivity index (χ2n) is 7.85. The molecule has 2 unspecified atom stereocenters. The fourth-order valence-electron chi connectivity index (χ4n) is 4.67. The number of carbonyl (C=O) groups excluding carboxylic acids is 1. The SMILES string of the molecule is O=C(N[C@H]1CNCC[C@H]1c1ccc(F)cc1)N1CCC2CCC(C1)S2(=O)=O. The van der Waals surface area contributed by atoms with E-state index in [1.54, 1.807) is 17.0 Å². The molecule has 0 saturated carbocycles. The van der Waals surface area contributed by atoms with E-state index in [0.29, 0.717) is 25.9 Å². The monoisotopic (exact) mass is 395 g/mol. The zero-order chi connectivity index (χ0) is 19.0. The van der Waals surface area contributed by atoms with Gasteiger partial charge in [0.1, 0.15) is 5.82 Å². The van der Waals surface area contributed by atoms with Gasteiger partial charge in [-0.2, -0.15) is 0 Å². The van der Waals surface area contributed by atoms with Crippen molar-refractivity contribution in [3.63, 3.8) is 0 Å². The third kappa shape index (κ3) is 3.69. The van der Waals surface area contributed by atoms with E-state index in [9.17, 15) is 17.6 Å². The molecule has 0 radical (unpaired) electrons. The normalized spacial score (nSPS) is 32.7. The van der Waals surface area contributed by atoms with E-state index in [0.717, 1.165) is 24.9 Å². The standard InChI is InChI=1S/C19H26FN3O3S/c20-14-3-1-13(2-4-14)17-7-9-21-11-18(17)22-19(24)23-10-8-15-5-6-16(12-23)27(15,25)26/h1-4,15-18,21H,5-12H2,(H,22,24)/t15?,16?,17-,18-/m0/s1. The van der Waals surface area contributed by atoms with Gasteiger partial charge in [0.05, 0.1) is 10.5 Å². The van der Waals surface area contributed by atoms with Gasteiger partial charge in [0, 0.05) is 31.6 Å². The van der Waals surface area contributed by atoms with Gasteiger partial charge in [-0.05, 0) is 49.9 Å². The molecule has 3 aliphatic heterocycles. The third-order valence-electron chi connectivity index (χ3n) is 6.26. The zero-order valence-corrected chi connectivity index (χ0v) is 16.1. The summed E-state index contributed by atoms with van der Waals surface area (Å²) in [5.41, 5.74) is 1.01. The summed E-state index contributed by atoms with van der Waals surface area (Å²) in [4.78, 5) is 14.5. The van der Waals surface area contributed by atoms with Crippen molar-refractivity contribution in [3.8, 4) is 0 Å². The lowest BCUT2D eigenvalue weighted by molar-refractivity contribution is 0.186. The van der Waals surface area contributed by atoms with Gasteiger partial charge in [0.2, 0.25) is 0 Å². The fourth-order valence-corrected chi connectivity index (χ4v) is 6.96. The lowest BCUT2D eigenvalue weighted by atomic mass is 9.86. The third-order valence-corrected chi connectivity index (χ3v) is 8.98. The van der Waals surface area contributed by atoms with Gasteiger partial charge in [-0.15, -0.1) is 0 Å². The number of carbonyl (C=O) groups is 1. The number of likely N-dealkylation sites (tertiary alicyclic amines) is 1. The van der Waals surface area contributed by atoms with Crippen LogP contribution in [0.15, 0.2) is 24.3 Å². The van der Waals surface area contributed by atoms with Crippen LogP contribution in [0.1, 0.15) is 37.2 Å². The highest BCUT2D eigenvalue weighted by molar-refractivity contribution is 7.93. The van der Waals surface area contributed by atoms with E-state index < -0.39 is 15.1 Å². The molecule has 6 nitrogen and oxygen atoms in total. The molecule has 3 fully saturated rings. The van der Waals surface area contributed by atoms with Crippen LogP contribution >= 0.6 is 0 Å². The molecule has 2 amide bonds. The maximum absolute atomic E-state index is 13.2. The summed E-state index contributed by atoms with van der Waals surface area (Å²) in [6.07, 6.45) is 2.76. The van der Waals surface area contributed by atoms with Crippen LogP contribution in [0.4, 0.5) is 9.18 Å². The van der Waals surface area contributed by atoms with E-state index in [-0.39, 0.29) is 35.6 Å². The number of fused-ring (bicyclic) bond motifs is 2. The number of nitrogens with one attached hydrogen (secondary N) is 2. The quantitative estimate of drug-likeness (QED) is 0.798. The summed E-state index contributed by atoms with van der Waals surface area (Å²) in [6, 6.07) is 6.16. The molecule has 3 heterocycles. The number of sulfone groups is 1. The molecule has 0 aliphatic carbocycles. The number of rotatable bonds is 2. The molecule has 4 rings (SSSR count). The van der Waals surface area contributed by atoms with Crippen molar-refractivity contribution in [1.29, 1.82) is 0 Å². The minimum absolute atomic E-state index is 0.103. The Kier molecular flexibility index (Phi) is 5.11. The summed E-state index contributed by atoms with van der Waals surface area (Å²) >= 11 is 0. The summed E-state index contributed by atoms with van der Waals surface area (Å²) in [5.74, 6) is -0.155. The van der Waals surface area contributed by atoms with Crippen LogP contribution in [0.2, 0.25) is 0 Å². The number of piperidine rings is 1. The number of halogens is 1. The Bertz CT molecular complexity index is 799. The molecule has 1 aromatic rings. The minimum atomic E-state index is -3.09. The van der Waals surface area contributed by atoms with Crippen molar-refractivity contribution in [1.82, 2.24) is 15.5 Å². The van der Waals surface area contributed by atoms with Crippen LogP contribution in [0.3, 0.4) is 0 Å². The van der Waals surface area contributed by atoms with Crippen LogP contribution in [0.25, 0.3) is 0 Å². The van der Waals surface area contributed by atoms with Crippen LogP contribution < -0.4 is 10.6 Å². The summed E-state index contributed by atoms with van der Waals surface area (Å²) in [5, 5.41) is 5.69. The van der Waals surface area contributed by atoms with Gasteiger partial charge in [-0.25, -0.2) is 17.6 Å². The molecule has 0 spiro atoms. The summed E-state index contributed by atoms with van der Waals surface area (Å²) in [6.45, 7) is 2.26. The Labute approximate surface area is 159 Å². The Morgan fingerprint density at radius 1 is 1.11 bits per heavy atom. The van der Waals surface area contributed by atoms with E-state index in [4.69, 9.17) is 0 Å². The Hall–Kier alpha value is -1.67. The first-order valence-corrected chi connectivity index (χ1v) is 11.3. The van der Waals surface area contributed by atoms with Crippen LogP contribution in [0.5, 0.6) is 0 Å². The van der Waals surface area contributed by atoms with E-state index in [1.807, 2.05) is 0 Å². The Balaban J connectivity index is 1.45. The molecule has 2 N–H and O–H groups in total. The van der Waals surface area contributed by atoms with E-state index in [2.05, 4.69) is 10.6 Å². The van der Waals surface area contributed by atoms with Crippen LogP contribution in [-0.2, 0) is 9.84 Å². The van der Waals surface area contributed by atoms with Crippen molar-refractivity contribution in [3.05, 3.63) is 35.6 Å². The first kappa shape index (κ1) is 18.7. The average molecular weight is 396 g/mol. The topological polar surface area (TPSA) is 78.5 Å². The first-order valence-electron chi connectivity index (χ1n) is 9.69. The van der Waals surface area contributed by atoms with Crippen molar-refractivity contribution in [2.75, 3.05) is 26.2 Å². The molecule has 3 aliphatic rings. The van der Waals surface area contributed by atoms with Gasteiger partial charge < -0.3 is 15.5 Å². The fraction of sp³-hybridized carbons (Fsp3) is 0.632. The summed E-state index contributed by atoms with van der Waals surface area (Å²) < 4.78 is 38.1. The number of amides is 2. The molecule has 8 heteroatoms. The number of urea groups is 1. The molecule has 27 heavy (non-hydrogen) atoms. The minimum Gasteiger partial charge on any atom is -0.333 e. The molecule has 0 aromatic heterocycles. The van der Waals surface area contributed by atoms with Gasteiger partial charge in [-0.1, -0.05) is 12.1 Å². The average Bonchev–Trinajstić information content (AvgIpc) is 2.83. The van der Waals surface area contributed by atoms with Gasteiger partial charge >= 0.3 is 6.03 Å². The highest BCUT2D eigenvalue weighted by atomic mass is 32.2. The van der Waals surface area contributed by atoms with Crippen molar-refractivity contribution >= 4 is 15.9 Å². The molecular weight excluding hydrogens is 369 g/mol. The predicted octanol–water partition coefficient (Wildman–Crippen LogP) is 1.63. The number of nitrogens with zero attached hydrogens (tertiary/aromatic N) is 1. The number of hydrogen-bond acceptors (Lipinski definition) is 4. The lowest BCUT2D eigenvalue weighted by Crippen LogP contribution is -2.54. The smallest absolute Gasteiger partial charge is 0.317 e. The van der Waals surface area contributed by atoms with Crippen molar-refractivity contribution < 1.29 is 17.6 Å². The Morgan fingerprint density at radius 3 is 2.63 bits per heavy atom. The van der Waals surface area contributed by atoms with Crippen molar-refractivity contribution in [2.24, 2.45) is 0 Å². The molecule has 2 bridgehead atoms. The van der Waals surface area contributed by atoms with Gasteiger partial charge in [-0.3, -0.25) is 0 Å². The maximum Gasteiger partial charge on any atom is 0.317 e. The molecule has 1 aromatic carbocycles. The maximum atomic E-state index is 13.2. The Morgan fingerprint density at radius 2 is 1.85 bits per heavy atom. The molecule has 3 saturated heterocycles. The second kappa shape index (κ2) is 7.39. The highest BCUT2D eigenvalue weighted by Crippen LogP contribution is 2.33. The second-order valence-corrected chi connectivity index (χ2v) is 10.4. The largest absolute Gasteiger partial charge is 0.333 e. The predicted molar refractivity (Wildman–Crippen MR) is 101 cm³/mol. The highest BCUT2D eigenvalue weighted by Gasteiger charge is 2.44. The molecule has 4 atom stereocenters. The zero-order valence-electron chi connectivity index (χ0n) is 15.2. The molecular formula is C19H26FN3O3S. The van der Waals surface area contributed by atoms with Gasteiger partial charge in [0.25, 0.3) is 0 Å². The van der Waals surface area contributed by atoms with E-state index in [1.165, 1.54) is 12.1 Å². The first-order chi connectivity index (χ1) is 12.9. The van der Waals surface area contributed by atoms with Crippen molar-refractivity contribution in [2.45, 2.75) is 48.1 Å². The van der Waals surface area contributed by atoms with Crippen LogP contribution in [0, 0.1) is 5.82 Å². The number of benzene rings is 1.